The topological polar surface area (TPSA) is 54.5 Å². The number of carbonyl (C=O) groups excluding carboxylic acids is 1. The number of benzene rings is 1. The molecular weight excluding hydrogens is 385 g/mol. The van der Waals surface area contributed by atoms with Crippen LogP contribution in [-0.4, -0.2) is 31.8 Å². The van der Waals surface area contributed by atoms with E-state index in [1.807, 2.05) is 13.8 Å². The SMILES string of the molecule is CCC(C)N(CC)C(=O)c1cc(F)cc(S(=O)(=O)Cl)c1Br. The molecule has 4 nitrogen and oxygen atoms in total. The molecule has 0 N–H and O–H groups in total. The lowest BCUT2D eigenvalue weighted by Gasteiger charge is -2.27. The van der Waals surface area contributed by atoms with Gasteiger partial charge in [-0.15, -0.1) is 0 Å². The van der Waals surface area contributed by atoms with E-state index in [0.717, 1.165) is 18.6 Å². The Bertz CT molecular complexity index is 651. The Labute approximate surface area is 136 Å². The number of amides is 1. The van der Waals surface area contributed by atoms with Crippen molar-refractivity contribution in [3.05, 3.63) is 28.0 Å². The molecule has 0 aromatic heterocycles. The molecule has 0 heterocycles. The van der Waals surface area contributed by atoms with Gasteiger partial charge in [-0.2, -0.15) is 0 Å². The molecule has 0 aliphatic carbocycles. The Morgan fingerprint density at radius 2 is 2.00 bits per heavy atom. The maximum Gasteiger partial charge on any atom is 0.262 e. The first kappa shape index (κ1) is 18.4. The van der Waals surface area contributed by atoms with Gasteiger partial charge < -0.3 is 4.90 Å². The summed E-state index contributed by atoms with van der Waals surface area (Å²) in [5, 5.41) is 0. The summed E-state index contributed by atoms with van der Waals surface area (Å²) in [6.07, 6.45) is 0.729. The van der Waals surface area contributed by atoms with Gasteiger partial charge in [-0.25, -0.2) is 12.8 Å². The van der Waals surface area contributed by atoms with Crippen LogP contribution in [0.5, 0.6) is 0 Å². The summed E-state index contributed by atoms with van der Waals surface area (Å²) in [6.45, 7) is 6.03. The van der Waals surface area contributed by atoms with Crippen LogP contribution in [0.4, 0.5) is 4.39 Å². The third-order valence-electron chi connectivity index (χ3n) is 3.22. The second-order valence-corrected chi connectivity index (χ2v) is 7.88. The van der Waals surface area contributed by atoms with Crippen LogP contribution in [0.25, 0.3) is 0 Å². The number of rotatable bonds is 5. The van der Waals surface area contributed by atoms with Crippen molar-refractivity contribution in [2.45, 2.75) is 38.1 Å². The zero-order valence-electron chi connectivity index (χ0n) is 11.9. The molecule has 0 saturated heterocycles. The van der Waals surface area contributed by atoms with Crippen molar-refractivity contribution in [3.8, 4) is 0 Å². The number of hydrogen-bond acceptors (Lipinski definition) is 3. The van der Waals surface area contributed by atoms with Gasteiger partial charge in [-0.05, 0) is 48.3 Å². The molecule has 0 radical (unpaired) electrons. The highest BCUT2D eigenvalue weighted by Crippen LogP contribution is 2.31. The van der Waals surface area contributed by atoms with Gasteiger partial charge in [0, 0.05) is 23.3 Å². The van der Waals surface area contributed by atoms with E-state index in [0.29, 0.717) is 6.54 Å². The van der Waals surface area contributed by atoms with Crippen LogP contribution in [-0.2, 0) is 9.05 Å². The van der Waals surface area contributed by atoms with Crippen LogP contribution in [0.3, 0.4) is 0 Å². The minimum absolute atomic E-state index is 0.0225. The molecular formula is C13H16BrClFNO3S. The summed E-state index contributed by atoms with van der Waals surface area (Å²) in [7, 11) is 1.11. The fourth-order valence-electron chi connectivity index (χ4n) is 1.93. The molecule has 1 unspecified atom stereocenters. The van der Waals surface area contributed by atoms with Crippen molar-refractivity contribution < 1.29 is 17.6 Å². The number of halogens is 3. The van der Waals surface area contributed by atoms with Crippen molar-refractivity contribution in [2.24, 2.45) is 0 Å². The van der Waals surface area contributed by atoms with Crippen LogP contribution in [0, 0.1) is 5.82 Å². The molecule has 1 atom stereocenters. The first-order valence-electron chi connectivity index (χ1n) is 6.38. The van der Waals surface area contributed by atoms with Crippen LogP contribution in [0.2, 0.25) is 0 Å². The van der Waals surface area contributed by atoms with Crippen molar-refractivity contribution in [3.63, 3.8) is 0 Å². The zero-order chi connectivity index (χ0) is 16.4. The van der Waals surface area contributed by atoms with E-state index in [4.69, 9.17) is 10.7 Å². The first-order valence-corrected chi connectivity index (χ1v) is 9.48. The predicted octanol–water partition coefficient (Wildman–Crippen LogP) is 3.78. The second-order valence-electron chi connectivity index (χ2n) is 4.55. The monoisotopic (exact) mass is 399 g/mol. The summed E-state index contributed by atoms with van der Waals surface area (Å²) < 4.78 is 36.5. The molecule has 1 aromatic rings. The predicted molar refractivity (Wildman–Crippen MR) is 83.6 cm³/mol. The molecule has 1 amide bonds. The highest BCUT2D eigenvalue weighted by Gasteiger charge is 2.26. The Hall–Kier alpha value is -0.660. The third-order valence-corrected chi connectivity index (χ3v) is 5.68. The van der Waals surface area contributed by atoms with Crippen molar-refractivity contribution >= 4 is 41.6 Å². The maximum atomic E-state index is 13.6. The van der Waals surface area contributed by atoms with E-state index in [1.165, 1.54) is 0 Å². The number of carbonyl (C=O) groups is 1. The summed E-state index contributed by atoms with van der Waals surface area (Å²) in [4.78, 5) is 13.6. The van der Waals surface area contributed by atoms with Gasteiger partial charge in [0.1, 0.15) is 10.7 Å². The minimum Gasteiger partial charge on any atom is -0.336 e. The van der Waals surface area contributed by atoms with Crippen LogP contribution in [0.15, 0.2) is 21.5 Å². The molecule has 1 rings (SSSR count). The first-order chi connectivity index (χ1) is 9.63. The maximum absolute atomic E-state index is 13.6. The molecule has 0 bridgehead atoms. The van der Waals surface area contributed by atoms with Crippen molar-refractivity contribution in [2.75, 3.05) is 6.54 Å². The molecule has 0 fully saturated rings. The van der Waals surface area contributed by atoms with Crippen LogP contribution in [0.1, 0.15) is 37.6 Å². The normalized spacial score (nSPS) is 13.0. The standard InChI is InChI=1S/C13H16BrClFNO3S/c1-4-8(3)17(5-2)13(18)10-6-9(16)7-11(12(10)14)21(15,19)20/h6-8H,4-5H2,1-3H3. The van der Waals surface area contributed by atoms with Gasteiger partial charge >= 0.3 is 0 Å². The van der Waals surface area contributed by atoms with Gasteiger partial charge in [-0.1, -0.05) is 6.92 Å². The van der Waals surface area contributed by atoms with Crippen molar-refractivity contribution in [1.29, 1.82) is 0 Å². The second kappa shape index (κ2) is 7.07. The van der Waals surface area contributed by atoms with E-state index >= 15 is 0 Å². The fraction of sp³-hybridized carbons (Fsp3) is 0.462. The largest absolute Gasteiger partial charge is 0.336 e. The summed E-state index contributed by atoms with van der Waals surface area (Å²) in [6, 6.07) is 1.74. The quantitative estimate of drug-likeness (QED) is 0.707. The van der Waals surface area contributed by atoms with E-state index in [1.54, 1.807) is 11.8 Å². The van der Waals surface area contributed by atoms with E-state index in [9.17, 15) is 17.6 Å². The lowest BCUT2D eigenvalue weighted by molar-refractivity contribution is 0.0698. The highest BCUT2D eigenvalue weighted by atomic mass is 79.9. The molecule has 0 aliphatic rings. The van der Waals surface area contributed by atoms with E-state index < -0.39 is 25.7 Å². The highest BCUT2D eigenvalue weighted by molar-refractivity contribution is 9.10. The van der Waals surface area contributed by atoms with Gasteiger partial charge in [-0.3, -0.25) is 4.79 Å². The van der Waals surface area contributed by atoms with Crippen LogP contribution < -0.4 is 0 Å². The van der Waals surface area contributed by atoms with E-state index in [2.05, 4.69) is 15.9 Å². The Morgan fingerprint density at radius 3 is 2.43 bits per heavy atom. The molecule has 1 aromatic carbocycles. The zero-order valence-corrected chi connectivity index (χ0v) is 15.0. The number of hydrogen-bond donors (Lipinski definition) is 0. The third kappa shape index (κ3) is 4.17. The summed E-state index contributed by atoms with van der Waals surface area (Å²) in [5.41, 5.74) is -0.0589. The molecule has 0 aliphatic heterocycles. The average Bonchev–Trinajstić information content (AvgIpc) is 2.40. The summed E-state index contributed by atoms with van der Waals surface area (Å²) >= 11 is 3.04. The smallest absolute Gasteiger partial charge is 0.262 e. The minimum atomic E-state index is -4.16. The summed E-state index contributed by atoms with van der Waals surface area (Å²) in [5.74, 6) is -1.28. The molecule has 118 valence electrons. The van der Waals surface area contributed by atoms with Gasteiger partial charge in [0.25, 0.3) is 15.0 Å². The van der Waals surface area contributed by atoms with Crippen molar-refractivity contribution in [1.82, 2.24) is 4.90 Å². The molecule has 8 heteroatoms. The molecule has 0 saturated carbocycles. The Kier molecular flexibility index (Phi) is 6.19. The molecule has 0 spiro atoms. The number of nitrogens with zero attached hydrogens (tertiary/aromatic N) is 1. The van der Waals surface area contributed by atoms with Gasteiger partial charge in [0.05, 0.1) is 10.0 Å². The lowest BCUT2D eigenvalue weighted by Crippen LogP contribution is -2.38. The Morgan fingerprint density at radius 1 is 1.43 bits per heavy atom. The van der Waals surface area contributed by atoms with Crippen LogP contribution >= 0.6 is 26.6 Å². The lowest BCUT2D eigenvalue weighted by atomic mass is 10.1. The van der Waals surface area contributed by atoms with E-state index in [-0.39, 0.29) is 16.1 Å². The van der Waals surface area contributed by atoms with Gasteiger partial charge in [0.2, 0.25) is 0 Å². The molecule has 21 heavy (non-hydrogen) atoms. The fourth-order valence-corrected chi connectivity index (χ4v) is 4.19. The Balaban J connectivity index is 3.44. The van der Waals surface area contributed by atoms with Gasteiger partial charge in [0.15, 0.2) is 0 Å². The average molecular weight is 401 g/mol.